The average Bonchev–Trinajstić information content (AvgIpc) is 2.61. The number of ether oxygens (including phenoxy) is 1. The number of carbonyl (C=O) groups excluding carboxylic acids is 1. The number of hydrogen-bond donors (Lipinski definition) is 1. The van der Waals surface area contributed by atoms with E-state index in [0.29, 0.717) is 6.42 Å². The summed E-state index contributed by atoms with van der Waals surface area (Å²) in [5.41, 5.74) is 4.67. The van der Waals surface area contributed by atoms with Crippen LogP contribution in [0.4, 0.5) is 0 Å². The third-order valence-electron chi connectivity index (χ3n) is 1.77. The normalized spacial score (nSPS) is 36.3. The molecule has 54 valence electrons. The number of rotatable bonds is 1. The molecule has 0 aliphatic heterocycles. The fourth-order valence-corrected chi connectivity index (χ4v) is 0.902. The lowest BCUT2D eigenvalue weighted by Gasteiger charge is -2.04. The van der Waals surface area contributed by atoms with Crippen molar-refractivity contribution in [2.24, 2.45) is 11.7 Å². The fraction of sp³-hybridized carbons (Fsp3) is 0.571. The minimum absolute atomic E-state index is 0.125. The van der Waals surface area contributed by atoms with Crippen LogP contribution in [0.1, 0.15) is 6.42 Å². The molecule has 0 bridgehead atoms. The van der Waals surface area contributed by atoms with Gasteiger partial charge in [0, 0.05) is 0 Å². The lowest BCUT2D eigenvalue weighted by Crippen LogP contribution is -2.36. The van der Waals surface area contributed by atoms with Gasteiger partial charge < -0.3 is 10.5 Å². The van der Waals surface area contributed by atoms with Gasteiger partial charge in [-0.15, -0.1) is 12.3 Å². The van der Waals surface area contributed by atoms with Crippen molar-refractivity contribution >= 4 is 5.97 Å². The van der Waals surface area contributed by atoms with Crippen molar-refractivity contribution in [3.8, 4) is 12.3 Å². The molecule has 3 nitrogen and oxygen atoms in total. The number of carbonyl (C=O) groups is 1. The average molecular weight is 139 g/mol. The summed E-state index contributed by atoms with van der Waals surface area (Å²) in [5, 5.41) is 0. The molecule has 1 rings (SSSR count). The SMILES string of the molecule is C#C[C@H]1C[C@@]1(N)C(=O)OC. The first-order valence-electron chi connectivity index (χ1n) is 2.98. The van der Waals surface area contributed by atoms with Gasteiger partial charge in [0.05, 0.1) is 13.0 Å². The zero-order valence-corrected chi connectivity index (χ0v) is 5.76. The van der Waals surface area contributed by atoms with Gasteiger partial charge in [0.25, 0.3) is 0 Å². The number of esters is 1. The maximum absolute atomic E-state index is 10.8. The maximum Gasteiger partial charge on any atom is 0.327 e. The molecular formula is C7H9NO2. The number of methoxy groups -OCH3 is 1. The molecule has 1 aliphatic rings. The van der Waals surface area contributed by atoms with E-state index in [-0.39, 0.29) is 5.92 Å². The summed E-state index contributed by atoms with van der Waals surface area (Å²) in [7, 11) is 1.31. The largest absolute Gasteiger partial charge is 0.468 e. The lowest BCUT2D eigenvalue weighted by atomic mass is 10.2. The van der Waals surface area contributed by atoms with E-state index in [1.165, 1.54) is 7.11 Å². The Bertz CT molecular complexity index is 206. The van der Waals surface area contributed by atoms with E-state index in [0.717, 1.165) is 0 Å². The van der Waals surface area contributed by atoms with Crippen LogP contribution >= 0.6 is 0 Å². The molecule has 0 aromatic rings. The monoisotopic (exact) mass is 139 g/mol. The Hall–Kier alpha value is -1.01. The van der Waals surface area contributed by atoms with Crippen molar-refractivity contribution in [2.75, 3.05) is 7.11 Å². The molecule has 0 aromatic carbocycles. The Morgan fingerprint density at radius 3 is 2.90 bits per heavy atom. The molecular weight excluding hydrogens is 130 g/mol. The van der Waals surface area contributed by atoms with Crippen molar-refractivity contribution in [3.63, 3.8) is 0 Å². The molecule has 1 saturated carbocycles. The summed E-state index contributed by atoms with van der Waals surface area (Å²) in [4.78, 5) is 10.8. The predicted octanol–water partition coefficient (Wildman–Crippen LogP) is -0.490. The summed E-state index contributed by atoms with van der Waals surface area (Å²) in [5.74, 6) is 1.89. The van der Waals surface area contributed by atoms with Crippen LogP contribution in [-0.4, -0.2) is 18.6 Å². The lowest BCUT2D eigenvalue weighted by molar-refractivity contribution is -0.143. The molecule has 0 saturated heterocycles. The van der Waals surface area contributed by atoms with Gasteiger partial charge in [0.15, 0.2) is 0 Å². The highest BCUT2D eigenvalue weighted by atomic mass is 16.5. The standard InChI is InChI=1S/C7H9NO2/c1-3-5-4-7(5,8)6(9)10-2/h1,5H,4,8H2,2H3/t5-,7-/m0/s1. The first-order valence-corrected chi connectivity index (χ1v) is 2.98. The second-order valence-corrected chi connectivity index (χ2v) is 2.46. The highest BCUT2D eigenvalue weighted by Gasteiger charge is 2.57. The molecule has 2 N–H and O–H groups in total. The first kappa shape index (κ1) is 7.10. The highest BCUT2D eigenvalue weighted by molar-refractivity contribution is 5.85. The van der Waals surface area contributed by atoms with Gasteiger partial charge in [0.2, 0.25) is 0 Å². The van der Waals surface area contributed by atoms with Crippen molar-refractivity contribution in [3.05, 3.63) is 0 Å². The molecule has 0 spiro atoms. The van der Waals surface area contributed by atoms with Gasteiger partial charge in [-0.1, -0.05) is 0 Å². The summed E-state index contributed by atoms with van der Waals surface area (Å²) >= 11 is 0. The van der Waals surface area contributed by atoms with Crippen molar-refractivity contribution in [1.29, 1.82) is 0 Å². The molecule has 0 unspecified atom stereocenters. The van der Waals surface area contributed by atoms with E-state index in [4.69, 9.17) is 12.2 Å². The zero-order chi connectivity index (χ0) is 7.78. The smallest absolute Gasteiger partial charge is 0.327 e. The van der Waals surface area contributed by atoms with E-state index in [9.17, 15) is 4.79 Å². The van der Waals surface area contributed by atoms with E-state index >= 15 is 0 Å². The maximum atomic E-state index is 10.8. The van der Waals surface area contributed by atoms with Crippen LogP contribution in [0.5, 0.6) is 0 Å². The van der Waals surface area contributed by atoms with E-state index in [1.54, 1.807) is 0 Å². The third-order valence-corrected chi connectivity index (χ3v) is 1.77. The third kappa shape index (κ3) is 0.775. The Morgan fingerprint density at radius 2 is 2.60 bits per heavy atom. The fourth-order valence-electron chi connectivity index (χ4n) is 0.902. The van der Waals surface area contributed by atoms with E-state index in [2.05, 4.69) is 10.7 Å². The van der Waals surface area contributed by atoms with Crippen LogP contribution in [0, 0.1) is 18.3 Å². The Balaban J connectivity index is 2.60. The minimum Gasteiger partial charge on any atom is -0.468 e. The second kappa shape index (κ2) is 1.99. The van der Waals surface area contributed by atoms with Crippen LogP contribution in [0.15, 0.2) is 0 Å². The van der Waals surface area contributed by atoms with Gasteiger partial charge in [-0.3, -0.25) is 4.79 Å². The van der Waals surface area contributed by atoms with Gasteiger partial charge in [-0.2, -0.15) is 0 Å². The van der Waals surface area contributed by atoms with E-state index < -0.39 is 11.5 Å². The summed E-state index contributed by atoms with van der Waals surface area (Å²) in [6, 6.07) is 0. The molecule has 10 heavy (non-hydrogen) atoms. The first-order chi connectivity index (χ1) is 4.65. The Kier molecular flexibility index (Phi) is 1.42. The summed E-state index contributed by atoms with van der Waals surface area (Å²) < 4.78 is 4.45. The number of nitrogens with two attached hydrogens (primary N) is 1. The van der Waals surface area contributed by atoms with Crippen molar-refractivity contribution < 1.29 is 9.53 Å². The predicted molar refractivity (Wildman–Crippen MR) is 35.9 cm³/mol. The summed E-state index contributed by atoms with van der Waals surface area (Å²) in [6.45, 7) is 0. The van der Waals surface area contributed by atoms with E-state index in [1.807, 2.05) is 0 Å². The molecule has 0 aromatic heterocycles. The van der Waals surface area contributed by atoms with Crippen LogP contribution in [0.3, 0.4) is 0 Å². The van der Waals surface area contributed by atoms with Crippen LogP contribution in [0.25, 0.3) is 0 Å². The molecule has 0 radical (unpaired) electrons. The number of terminal acetylenes is 1. The van der Waals surface area contributed by atoms with Gasteiger partial charge in [0.1, 0.15) is 5.54 Å². The molecule has 3 heteroatoms. The van der Waals surface area contributed by atoms with Crippen molar-refractivity contribution in [1.82, 2.24) is 0 Å². The van der Waals surface area contributed by atoms with Gasteiger partial charge in [-0.05, 0) is 6.42 Å². The zero-order valence-electron chi connectivity index (χ0n) is 5.76. The summed E-state index contributed by atoms with van der Waals surface area (Å²) in [6.07, 6.45) is 5.62. The van der Waals surface area contributed by atoms with Gasteiger partial charge in [-0.25, -0.2) is 0 Å². The van der Waals surface area contributed by atoms with Crippen molar-refractivity contribution in [2.45, 2.75) is 12.0 Å². The molecule has 1 fully saturated rings. The second-order valence-electron chi connectivity index (χ2n) is 2.46. The molecule has 0 amide bonds. The molecule has 0 heterocycles. The quantitative estimate of drug-likeness (QED) is 0.394. The Labute approximate surface area is 59.5 Å². The number of hydrogen-bond acceptors (Lipinski definition) is 3. The van der Waals surface area contributed by atoms with Crippen LogP contribution in [-0.2, 0) is 9.53 Å². The molecule has 1 aliphatic carbocycles. The highest BCUT2D eigenvalue weighted by Crippen LogP contribution is 2.40. The van der Waals surface area contributed by atoms with Gasteiger partial charge >= 0.3 is 5.97 Å². The Morgan fingerprint density at radius 1 is 2.00 bits per heavy atom. The molecule has 2 atom stereocenters. The van der Waals surface area contributed by atoms with Crippen LogP contribution < -0.4 is 5.73 Å². The topological polar surface area (TPSA) is 52.3 Å². The minimum atomic E-state index is -0.872. The van der Waals surface area contributed by atoms with Crippen LogP contribution in [0.2, 0.25) is 0 Å².